The predicted molar refractivity (Wildman–Crippen MR) is 171 cm³/mol. The molecule has 50 heavy (non-hydrogen) atoms. The molecular formula is C32H32F6N8O4. The highest BCUT2D eigenvalue weighted by Crippen LogP contribution is 2.40. The first-order valence-corrected chi connectivity index (χ1v) is 15.7. The van der Waals surface area contributed by atoms with Gasteiger partial charge in [-0.1, -0.05) is 13.8 Å². The second-order valence-electron chi connectivity index (χ2n) is 10.9. The molecule has 6 heterocycles. The number of anilines is 6. The number of alkyl halides is 6. The quantitative estimate of drug-likeness (QED) is 0.195. The van der Waals surface area contributed by atoms with Gasteiger partial charge in [-0.05, 0) is 37.1 Å². The van der Waals surface area contributed by atoms with Crippen LogP contribution in [-0.2, 0) is 12.4 Å². The summed E-state index contributed by atoms with van der Waals surface area (Å²) >= 11 is 0. The molecule has 0 unspecified atom stereocenters. The molecule has 0 aliphatic carbocycles. The van der Waals surface area contributed by atoms with Gasteiger partial charge in [0, 0.05) is 62.1 Å². The van der Waals surface area contributed by atoms with Crippen molar-refractivity contribution in [3.8, 4) is 23.0 Å². The summed E-state index contributed by atoms with van der Waals surface area (Å²) in [5.74, 6) is 2.24. The summed E-state index contributed by atoms with van der Waals surface area (Å²) in [4.78, 5) is 19.2. The van der Waals surface area contributed by atoms with E-state index in [1.54, 1.807) is 41.3 Å². The fourth-order valence-electron chi connectivity index (χ4n) is 4.96. The molecule has 2 fully saturated rings. The maximum Gasteiger partial charge on any atom is 0.421 e. The first-order valence-electron chi connectivity index (χ1n) is 15.7. The third kappa shape index (κ3) is 7.58. The molecular weight excluding hydrogens is 674 g/mol. The van der Waals surface area contributed by atoms with E-state index in [0.717, 1.165) is 38.3 Å². The van der Waals surface area contributed by atoms with Gasteiger partial charge in [0.05, 0.1) is 0 Å². The van der Waals surface area contributed by atoms with Crippen molar-refractivity contribution in [2.45, 2.75) is 39.0 Å². The van der Waals surface area contributed by atoms with Crippen LogP contribution in [0.25, 0.3) is 0 Å². The summed E-state index contributed by atoms with van der Waals surface area (Å²) < 4.78 is 99.9. The molecule has 4 aliphatic rings. The zero-order chi connectivity index (χ0) is 35.5. The van der Waals surface area contributed by atoms with Crippen molar-refractivity contribution in [3.63, 3.8) is 0 Å². The molecule has 0 saturated carbocycles. The molecule has 8 rings (SSSR count). The van der Waals surface area contributed by atoms with Gasteiger partial charge in [0.1, 0.15) is 22.8 Å². The molecule has 2 aromatic carbocycles. The van der Waals surface area contributed by atoms with Gasteiger partial charge in [-0.25, -0.2) is 9.97 Å². The maximum absolute atomic E-state index is 13.2. The maximum atomic E-state index is 13.2. The number of hydrogen-bond donors (Lipinski definition) is 2. The van der Waals surface area contributed by atoms with Crippen LogP contribution in [0.2, 0.25) is 0 Å². The zero-order valence-corrected chi connectivity index (χ0v) is 26.9. The Kier molecular flexibility index (Phi) is 9.79. The molecule has 0 radical (unpaired) electrons. The van der Waals surface area contributed by atoms with Crippen molar-refractivity contribution >= 4 is 34.9 Å². The van der Waals surface area contributed by atoms with Crippen molar-refractivity contribution in [1.82, 2.24) is 19.9 Å². The van der Waals surface area contributed by atoms with Crippen LogP contribution in [0.4, 0.5) is 61.2 Å². The molecule has 266 valence electrons. The molecule has 4 aromatic rings. The number of benzene rings is 2. The lowest BCUT2D eigenvalue weighted by molar-refractivity contribution is -0.138. The Morgan fingerprint density at radius 3 is 1.66 bits per heavy atom. The Hall–Kier alpha value is -5.42. The van der Waals surface area contributed by atoms with E-state index in [-0.39, 0.29) is 37.1 Å². The molecule has 2 N–H and O–H groups in total. The highest BCUT2D eigenvalue weighted by atomic mass is 19.4. The number of fused-ring (bicyclic) bond motifs is 2. The lowest BCUT2D eigenvalue weighted by Gasteiger charge is -2.33. The van der Waals surface area contributed by atoms with Gasteiger partial charge < -0.3 is 39.4 Å². The second kappa shape index (κ2) is 14.2. The number of hydrogen-bond acceptors (Lipinski definition) is 12. The number of halogens is 6. The highest BCUT2D eigenvalue weighted by molar-refractivity contribution is 5.65. The number of aromatic nitrogens is 4. The molecule has 2 aromatic heterocycles. The minimum atomic E-state index is -4.55. The van der Waals surface area contributed by atoms with Crippen LogP contribution < -0.4 is 39.4 Å². The first kappa shape index (κ1) is 34.4. The molecule has 12 nitrogen and oxygen atoms in total. The molecule has 0 bridgehead atoms. The average Bonchev–Trinajstić information content (AvgIpc) is 3.69. The number of nitrogens with zero attached hydrogens (tertiary/aromatic N) is 6. The van der Waals surface area contributed by atoms with E-state index in [9.17, 15) is 26.3 Å². The van der Waals surface area contributed by atoms with Crippen LogP contribution in [0, 0.1) is 0 Å². The van der Waals surface area contributed by atoms with Gasteiger partial charge in [0.25, 0.3) is 0 Å². The lowest BCUT2D eigenvalue weighted by atomic mass is 10.2. The lowest BCUT2D eigenvalue weighted by Crippen LogP contribution is -2.39. The number of ether oxygens (including phenoxy) is 4. The van der Waals surface area contributed by atoms with Crippen LogP contribution in [0.1, 0.15) is 37.8 Å². The van der Waals surface area contributed by atoms with E-state index in [1.165, 1.54) is 0 Å². The van der Waals surface area contributed by atoms with Gasteiger partial charge in [0.2, 0.25) is 25.5 Å². The van der Waals surface area contributed by atoms with Gasteiger partial charge in [-0.3, -0.25) is 0 Å². The first-order chi connectivity index (χ1) is 24.0. The minimum absolute atomic E-state index is 0.0907. The fourth-order valence-corrected chi connectivity index (χ4v) is 4.96. The van der Waals surface area contributed by atoms with Crippen LogP contribution in [0.15, 0.2) is 48.8 Å². The van der Waals surface area contributed by atoms with E-state index in [4.69, 9.17) is 18.9 Å². The van der Waals surface area contributed by atoms with Crippen LogP contribution in [0.5, 0.6) is 23.0 Å². The fraction of sp³-hybridized carbons (Fsp3) is 0.375. The summed E-state index contributed by atoms with van der Waals surface area (Å²) in [6.45, 7) is 6.85. The Balaban J connectivity index is 0.000000165. The van der Waals surface area contributed by atoms with Crippen molar-refractivity contribution in [2.24, 2.45) is 0 Å². The second-order valence-corrected chi connectivity index (χ2v) is 10.9. The predicted octanol–water partition coefficient (Wildman–Crippen LogP) is 7.38. The van der Waals surface area contributed by atoms with E-state index in [2.05, 4.69) is 30.6 Å². The summed E-state index contributed by atoms with van der Waals surface area (Å²) in [5.41, 5.74) is -0.700. The third-order valence-corrected chi connectivity index (χ3v) is 7.71. The molecule has 0 spiro atoms. The summed E-state index contributed by atoms with van der Waals surface area (Å²) in [6.07, 6.45) is -5.57. The van der Waals surface area contributed by atoms with Crippen molar-refractivity contribution in [1.29, 1.82) is 0 Å². The molecule has 2 saturated heterocycles. The zero-order valence-electron chi connectivity index (χ0n) is 26.9. The van der Waals surface area contributed by atoms with Crippen LogP contribution >= 0.6 is 0 Å². The Morgan fingerprint density at radius 1 is 0.620 bits per heavy atom. The summed E-state index contributed by atoms with van der Waals surface area (Å²) in [5, 5.41) is 5.62. The van der Waals surface area contributed by atoms with Crippen LogP contribution in [0.3, 0.4) is 0 Å². The van der Waals surface area contributed by atoms with E-state index < -0.39 is 23.5 Å². The average molecular weight is 707 g/mol. The molecule has 18 heteroatoms. The normalized spacial score (nSPS) is 15.5. The highest BCUT2D eigenvalue weighted by Gasteiger charge is 2.38. The summed E-state index contributed by atoms with van der Waals surface area (Å²) in [7, 11) is 0. The van der Waals surface area contributed by atoms with Gasteiger partial charge in [-0.2, -0.15) is 36.3 Å². The Morgan fingerprint density at radius 2 is 1.14 bits per heavy atom. The smallest absolute Gasteiger partial charge is 0.421 e. The molecule has 0 amide bonds. The Labute approximate surface area is 282 Å². The Bertz CT molecular complexity index is 1820. The third-order valence-electron chi connectivity index (χ3n) is 7.71. The van der Waals surface area contributed by atoms with Crippen molar-refractivity contribution in [2.75, 3.05) is 60.2 Å². The molecule has 0 atom stereocenters. The number of rotatable bonds is 6. The SMILES string of the molecule is CC.FC(F)(F)c1cnc(N2CCC2)nc1Nc1ccc2c(c1)OCO2.FC(F)(F)c1cnc(Nc2ccc3c(c2)OCO3)nc1N1CCC1. The van der Waals surface area contributed by atoms with Crippen molar-refractivity contribution in [3.05, 3.63) is 59.9 Å². The van der Waals surface area contributed by atoms with E-state index in [1.807, 2.05) is 18.7 Å². The van der Waals surface area contributed by atoms with Gasteiger partial charge in [-0.15, -0.1) is 0 Å². The van der Waals surface area contributed by atoms with Crippen LogP contribution in [-0.4, -0.2) is 59.7 Å². The topological polar surface area (TPSA) is 119 Å². The number of nitrogens with one attached hydrogen (secondary N) is 2. The minimum Gasteiger partial charge on any atom is -0.454 e. The summed E-state index contributed by atoms with van der Waals surface area (Å²) in [6, 6.07) is 9.94. The molecule has 4 aliphatic heterocycles. The van der Waals surface area contributed by atoms with Crippen molar-refractivity contribution < 1.29 is 45.3 Å². The largest absolute Gasteiger partial charge is 0.454 e. The standard InChI is InChI=1S/2C15H13F3N4O2.C2H6/c16-15(17,18)10-7-19-14(21-13(10)22-4-1-5-22)20-9-2-3-11-12(6-9)24-8-23-11;16-15(17,18)10-7-19-14(22-4-1-5-22)21-13(10)20-9-2-3-11-12(6-9)24-8-23-11;1-2/h2*2-3,6-7H,1,4-5,8H2,(H,19,20,21);1-2H3. The van der Waals surface area contributed by atoms with E-state index >= 15 is 0 Å². The van der Waals surface area contributed by atoms with Gasteiger partial charge >= 0.3 is 12.4 Å². The van der Waals surface area contributed by atoms with E-state index in [0.29, 0.717) is 47.5 Å². The van der Waals surface area contributed by atoms with Gasteiger partial charge in [0.15, 0.2) is 23.0 Å². The monoisotopic (exact) mass is 706 g/mol.